The van der Waals surface area contributed by atoms with Crippen molar-refractivity contribution >= 4 is 26.0 Å². The number of nitrogens with zero attached hydrogens (tertiary/aromatic N) is 1. The molecule has 1 heterocycles. The van der Waals surface area contributed by atoms with Gasteiger partial charge in [0.05, 0.1) is 0 Å². The van der Waals surface area contributed by atoms with Crippen molar-refractivity contribution in [1.29, 1.82) is 0 Å². The third-order valence-electron chi connectivity index (χ3n) is 2.76. The Kier molecular flexibility index (Phi) is 6.88. The summed E-state index contributed by atoms with van der Waals surface area (Å²) in [4.78, 5) is 3.59. The Hall–Kier alpha value is -0.530. The molecule has 0 aromatic carbocycles. The molecule has 4 nitrogen and oxygen atoms in total. The van der Waals surface area contributed by atoms with Gasteiger partial charge in [0.15, 0.2) is 5.82 Å². The van der Waals surface area contributed by atoms with Gasteiger partial charge in [0.1, 0.15) is 0 Å². The van der Waals surface area contributed by atoms with Gasteiger partial charge in [0.2, 0.25) is 5.03 Å². The summed E-state index contributed by atoms with van der Waals surface area (Å²) in [6.07, 6.45) is 4.05. The Bertz CT molecular complexity index is 490. The van der Waals surface area contributed by atoms with E-state index in [2.05, 4.69) is 25.6 Å². The standard InChI is InChI=1S/C12H18BrFN2O2S/c1-2-4-10(6-7-13)9-16-19(17,18)12-11(14)5-3-8-15-12/h3,5,8,10,16H,2,4,6-7,9H2,1H3. The Morgan fingerprint density at radius 1 is 1.47 bits per heavy atom. The SMILES string of the molecule is CCCC(CCBr)CNS(=O)(=O)c1ncccc1F. The summed E-state index contributed by atoms with van der Waals surface area (Å²) >= 11 is 3.35. The molecule has 0 amide bonds. The van der Waals surface area contributed by atoms with Gasteiger partial charge in [-0.05, 0) is 30.9 Å². The van der Waals surface area contributed by atoms with Crippen molar-refractivity contribution in [3.8, 4) is 0 Å². The van der Waals surface area contributed by atoms with Gasteiger partial charge >= 0.3 is 0 Å². The normalized spacial score (nSPS) is 13.4. The minimum atomic E-state index is -3.87. The van der Waals surface area contributed by atoms with Gasteiger partial charge in [-0.1, -0.05) is 29.3 Å². The van der Waals surface area contributed by atoms with Crippen LogP contribution in [0.5, 0.6) is 0 Å². The second-order valence-corrected chi connectivity index (χ2v) is 6.75. The first-order valence-electron chi connectivity index (χ1n) is 6.17. The molecule has 1 aromatic rings. The van der Waals surface area contributed by atoms with E-state index in [1.807, 2.05) is 6.92 Å². The number of pyridine rings is 1. The fourth-order valence-electron chi connectivity index (χ4n) is 1.78. The first-order valence-corrected chi connectivity index (χ1v) is 8.78. The summed E-state index contributed by atoms with van der Waals surface area (Å²) in [5, 5.41) is 0.279. The molecule has 0 saturated carbocycles. The van der Waals surface area contributed by atoms with E-state index >= 15 is 0 Å². The first kappa shape index (κ1) is 16.5. The van der Waals surface area contributed by atoms with Crippen LogP contribution >= 0.6 is 15.9 Å². The fourth-order valence-corrected chi connectivity index (χ4v) is 3.54. The Morgan fingerprint density at radius 3 is 2.79 bits per heavy atom. The quantitative estimate of drug-likeness (QED) is 0.731. The van der Waals surface area contributed by atoms with E-state index in [0.717, 1.165) is 30.7 Å². The summed E-state index contributed by atoms with van der Waals surface area (Å²) < 4.78 is 39.7. The minimum absolute atomic E-state index is 0.242. The Balaban J connectivity index is 2.72. The molecular weight excluding hydrogens is 335 g/mol. The lowest BCUT2D eigenvalue weighted by Gasteiger charge is -2.15. The van der Waals surface area contributed by atoms with E-state index in [0.29, 0.717) is 6.54 Å². The molecule has 0 saturated heterocycles. The highest BCUT2D eigenvalue weighted by Crippen LogP contribution is 2.14. The largest absolute Gasteiger partial charge is 0.261 e. The van der Waals surface area contributed by atoms with E-state index in [9.17, 15) is 12.8 Å². The minimum Gasteiger partial charge on any atom is -0.241 e. The zero-order chi connectivity index (χ0) is 14.3. The van der Waals surface area contributed by atoms with Crippen LogP contribution in [0.2, 0.25) is 0 Å². The molecule has 1 atom stereocenters. The average molecular weight is 353 g/mol. The smallest absolute Gasteiger partial charge is 0.241 e. The molecule has 19 heavy (non-hydrogen) atoms. The number of aromatic nitrogens is 1. The van der Waals surface area contributed by atoms with Crippen LogP contribution in [0.4, 0.5) is 4.39 Å². The molecule has 1 aromatic heterocycles. The summed E-state index contributed by atoms with van der Waals surface area (Å²) in [5.41, 5.74) is 0. The predicted molar refractivity (Wildman–Crippen MR) is 76.2 cm³/mol. The predicted octanol–water partition coefficient (Wildman–Crippen LogP) is 2.70. The van der Waals surface area contributed by atoms with Gasteiger partial charge in [-0.2, -0.15) is 0 Å². The van der Waals surface area contributed by atoms with Crippen molar-refractivity contribution in [2.45, 2.75) is 31.2 Å². The molecule has 0 radical (unpaired) electrons. The monoisotopic (exact) mass is 352 g/mol. The summed E-state index contributed by atoms with van der Waals surface area (Å²) in [6, 6.07) is 2.45. The molecule has 0 aliphatic heterocycles. The number of hydrogen-bond acceptors (Lipinski definition) is 3. The second kappa shape index (κ2) is 7.91. The van der Waals surface area contributed by atoms with Crippen molar-refractivity contribution in [2.75, 3.05) is 11.9 Å². The van der Waals surface area contributed by atoms with E-state index in [4.69, 9.17) is 0 Å². The van der Waals surface area contributed by atoms with Gasteiger partial charge in [-0.25, -0.2) is 22.5 Å². The summed E-state index contributed by atoms with van der Waals surface area (Å²) in [5.74, 6) is -0.589. The summed E-state index contributed by atoms with van der Waals surface area (Å²) in [6.45, 7) is 2.35. The van der Waals surface area contributed by atoms with Crippen molar-refractivity contribution in [3.05, 3.63) is 24.1 Å². The van der Waals surface area contributed by atoms with Gasteiger partial charge in [-0.15, -0.1) is 0 Å². The molecule has 0 aliphatic rings. The van der Waals surface area contributed by atoms with Crippen LogP contribution < -0.4 is 4.72 Å². The lowest BCUT2D eigenvalue weighted by Crippen LogP contribution is -2.30. The van der Waals surface area contributed by atoms with Crippen LogP contribution in [0.15, 0.2) is 23.4 Å². The number of rotatable bonds is 8. The molecule has 0 aliphatic carbocycles. The van der Waals surface area contributed by atoms with E-state index < -0.39 is 20.9 Å². The number of alkyl halides is 1. The highest BCUT2D eigenvalue weighted by atomic mass is 79.9. The van der Waals surface area contributed by atoms with E-state index in [1.54, 1.807) is 0 Å². The molecular formula is C12H18BrFN2O2S. The highest BCUT2D eigenvalue weighted by Gasteiger charge is 2.21. The molecule has 1 rings (SSSR count). The zero-order valence-corrected chi connectivity index (χ0v) is 13.2. The Labute approximate surface area is 122 Å². The van der Waals surface area contributed by atoms with Gasteiger partial charge in [0.25, 0.3) is 10.0 Å². The zero-order valence-electron chi connectivity index (χ0n) is 10.8. The first-order chi connectivity index (χ1) is 9.01. The van der Waals surface area contributed by atoms with E-state index in [1.165, 1.54) is 12.3 Å². The molecule has 7 heteroatoms. The lowest BCUT2D eigenvalue weighted by atomic mass is 10.0. The van der Waals surface area contributed by atoms with Crippen LogP contribution in [-0.4, -0.2) is 25.3 Å². The van der Waals surface area contributed by atoms with Crippen LogP contribution in [0.3, 0.4) is 0 Å². The molecule has 0 bridgehead atoms. The third-order valence-corrected chi connectivity index (χ3v) is 4.57. The maximum absolute atomic E-state index is 13.4. The topological polar surface area (TPSA) is 59.1 Å². The van der Waals surface area contributed by atoms with Gasteiger partial charge in [-0.3, -0.25) is 0 Å². The van der Waals surface area contributed by atoms with Crippen molar-refractivity contribution in [2.24, 2.45) is 5.92 Å². The van der Waals surface area contributed by atoms with Crippen LogP contribution in [-0.2, 0) is 10.0 Å². The maximum atomic E-state index is 13.4. The number of nitrogens with one attached hydrogen (secondary N) is 1. The van der Waals surface area contributed by atoms with Crippen LogP contribution in [0, 0.1) is 11.7 Å². The van der Waals surface area contributed by atoms with Crippen molar-refractivity contribution < 1.29 is 12.8 Å². The molecule has 0 fully saturated rings. The fraction of sp³-hybridized carbons (Fsp3) is 0.583. The number of hydrogen-bond donors (Lipinski definition) is 1. The highest BCUT2D eigenvalue weighted by molar-refractivity contribution is 9.09. The molecule has 1 unspecified atom stereocenters. The second-order valence-electron chi connectivity index (χ2n) is 4.27. The average Bonchev–Trinajstić information content (AvgIpc) is 2.37. The molecule has 1 N–H and O–H groups in total. The summed E-state index contributed by atoms with van der Waals surface area (Å²) in [7, 11) is -3.87. The lowest BCUT2D eigenvalue weighted by molar-refractivity contribution is 0.456. The van der Waals surface area contributed by atoms with Crippen LogP contribution in [0.25, 0.3) is 0 Å². The van der Waals surface area contributed by atoms with Crippen molar-refractivity contribution in [1.82, 2.24) is 9.71 Å². The number of sulfonamides is 1. The molecule has 0 spiro atoms. The van der Waals surface area contributed by atoms with Crippen molar-refractivity contribution in [3.63, 3.8) is 0 Å². The van der Waals surface area contributed by atoms with Gasteiger partial charge in [0, 0.05) is 18.1 Å². The van der Waals surface area contributed by atoms with Crippen LogP contribution in [0.1, 0.15) is 26.2 Å². The number of halogens is 2. The maximum Gasteiger partial charge on any atom is 0.261 e. The van der Waals surface area contributed by atoms with E-state index in [-0.39, 0.29) is 5.92 Å². The Morgan fingerprint density at radius 2 is 2.21 bits per heavy atom. The van der Waals surface area contributed by atoms with Gasteiger partial charge < -0.3 is 0 Å². The molecule has 108 valence electrons. The third kappa shape index (κ3) is 5.16.